The lowest BCUT2D eigenvalue weighted by Crippen LogP contribution is -2.27. The number of hydrogen-bond donors (Lipinski definition) is 1. The fraction of sp³-hybridized carbons (Fsp3) is 0.625. The van der Waals surface area contributed by atoms with Crippen molar-refractivity contribution in [2.75, 3.05) is 11.9 Å². The molecule has 1 atom stereocenters. The first-order valence-electron chi connectivity index (χ1n) is 7.65. The molecule has 0 radical (unpaired) electrons. The Morgan fingerprint density at radius 3 is 2.64 bits per heavy atom. The molecule has 0 spiro atoms. The van der Waals surface area contributed by atoms with Gasteiger partial charge in [-0.25, -0.2) is 4.79 Å². The topological polar surface area (TPSA) is 64.6 Å². The minimum atomic E-state index is -0.418. The van der Waals surface area contributed by atoms with Crippen molar-refractivity contribution < 1.29 is 19.1 Å². The summed E-state index contributed by atoms with van der Waals surface area (Å²) in [4.78, 5) is 25.5. The van der Waals surface area contributed by atoms with Crippen LogP contribution in [0.2, 0.25) is 0 Å². The molecular formula is C16H23NO4S. The van der Waals surface area contributed by atoms with Gasteiger partial charge in [0.1, 0.15) is 11.1 Å². The Morgan fingerprint density at radius 1 is 1.36 bits per heavy atom. The van der Waals surface area contributed by atoms with Crippen molar-refractivity contribution in [1.29, 1.82) is 0 Å². The van der Waals surface area contributed by atoms with Crippen LogP contribution in [0.1, 0.15) is 61.7 Å². The molecule has 0 aromatic carbocycles. The summed E-state index contributed by atoms with van der Waals surface area (Å²) in [5.74, 6) is -0.307. The van der Waals surface area contributed by atoms with E-state index in [2.05, 4.69) is 19.2 Å². The minimum absolute atomic E-state index is 0.187. The summed E-state index contributed by atoms with van der Waals surface area (Å²) >= 11 is 1.42. The number of amides is 1. The van der Waals surface area contributed by atoms with Crippen molar-refractivity contribution in [2.24, 2.45) is 0 Å². The van der Waals surface area contributed by atoms with Crippen LogP contribution in [0.3, 0.4) is 0 Å². The summed E-state index contributed by atoms with van der Waals surface area (Å²) in [6, 6.07) is 1.81. The molecule has 5 nitrogen and oxygen atoms in total. The molecule has 1 aliphatic heterocycles. The first kappa shape index (κ1) is 17.0. The largest absolute Gasteiger partial charge is 0.459 e. The number of esters is 1. The number of nitrogens with one attached hydrogen (secondary N) is 1. The van der Waals surface area contributed by atoms with Crippen molar-refractivity contribution >= 4 is 28.2 Å². The van der Waals surface area contributed by atoms with Crippen LogP contribution in [0.5, 0.6) is 0 Å². The second-order valence-corrected chi connectivity index (χ2v) is 7.08. The van der Waals surface area contributed by atoms with Gasteiger partial charge in [-0.1, -0.05) is 13.8 Å². The zero-order valence-corrected chi connectivity index (χ0v) is 14.3. The Balaban J connectivity index is 2.20. The van der Waals surface area contributed by atoms with Crippen molar-refractivity contribution in [3.05, 3.63) is 16.5 Å². The van der Waals surface area contributed by atoms with E-state index in [1.54, 1.807) is 13.8 Å². The summed E-state index contributed by atoms with van der Waals surface area (Å²) in [5.41, 5.74) is 0.425. The van der Waals surface area contributed by atoms with Crippen LogP contribution in [0.15, 0.2) is 6.07 Å². The number of carbonyl (C=O) groups excluding carboxylic acids is 2. The maximum atomic E-state index is 12.2. The predicted molar refractivity (Wildman–Crippen MR) is 86.6 cm³/mol. The second-order valence-electron chi connectivity index (χ2n) is 5.99. The highest BCUT2D eigenvalue weighted by Crippen LogP contribution is 2.34. The van der Waals surface area contributed by atoms with Crippen LogP contribution < -0.4 is 5.32 Å². The lowest BCUT2D eigenvalue weighted by molar-refractivity contribution is -0.124. The quantitative estimate of drug-likeness (QED) is 0.841. The number of carbonyl (C=O) groups is 2. The first-order chi connectivity index (χ1) is 10.4. The minimum Gasteiger partial charge on any atom is -0.459 e. The fourth-order valence-corrected chi connectivity index (χ4v) is 3.25. The van der Waals surface area contributed by atoms with Crippen molar-refractivity contribution in [1.82, 2.24) is 0 Å². The summed E-state index contributed by atoms with van der Waals surface area (Å²) in [7, 11) is 0. The normalized spacial score (nSPS) is 18.0. The molecule has 1 unspecified atom stereocenters. The van der Waals surface area contributed by atoms with E-state index in [9.17, 15) is 9.59 Å². The fourth-order valence-electron chi connectivity index (χ4n) is 2.19. The Hall–Kier alpha value is -1.40. The number of anilines is 1. The number of ether oxygens (including phenoxy) is 2. The maximum absolute atomic E-state index is 12.2. The molecule has 2 heterocycles. The third-order valence-electron chi connectivity index (χ3n) is 3.34. The second kappa shape index (κ2) is 7.24. The van der Waals surface area contributed by atoms with E-state index in [0.29, 0.717) is 17.2 Å². The van der Waals surface area contributed by atoms with Crippen LogP contribution in [0.4, 0.5) is 5.00 Å². The van der Waals surface area contributed by atoms with E-state index >= 15 is 0 Å². The average molecular weight is 325 g/mol. The van der Waals surface area contributed by atoms with Crippen LogP contribution in [0.25, 0.3) is 0 Å². The van der Waals surface area contributed by atoms with Gasteiger partial charge in [0.2, 0.25) is 0 Å². The molecule has 1 aromatic rings. The molecule has 0 saturated carbocycles. The van der Waals surface area contributed by atoms with Gasteiger partial charge in [0, 0.05) is 11.5 Å². The SMILES string of the molecule is CC(C)OC(=O)c1cc(C(C)C)sc1NC(=O)C1CCCO1. The molecule has 0 aliphatic carbocycles. The first-order valence-corrected chi connectivity index (χ1v) is 8.47. The van der Waals surface area contributed by atoms with Crippen LogP contribution in [0, 0.1) is 0 Å². The van der Waals surface area contributed by atoms with Crippen LogP contribution in [-0.2, 0) is 14.3 Å². The van der Waals surface area contributed by atoms with Crippen molar-refractivity contribution in [3.63, 3.8) is 0 Å². The Morgan fingerprint density at radius 2 is 2.09 bits per heavy atom. The van der Waals surface area contributed by atoms with E-state index < -0.39 is 12.1 Å². The monoisotopic (exact) mass is 325 g/mol. The zero-order valence-electron chi connectivity index (χ0n) is 13.5. The molecule has 6 heteroatoms. The Kier molecular flexibility index (Phi) is 5.58. The standard InChI is InChI=1S/C16H23NO4S/c1-9(2)13-8-11(16(19)21-10(3)4)15(22-13)17-14(18)12-6-5-7-20-12/h8-10,12H,5-7H2,1-4H3,(H,17,18). The van der Waals surface area contributed by atoms with E-state index in [1.165, 1.54) is 11.3 Å². The molecule has 1 N–H and O–H groups in total. The molecule has 22 heavy (non-hydrogen) atoms. The van der Waals surface area contributed by atoms with E-state index in [0.717, 1.165) is 17.7 Å². The number of thiophene rings is 1. The maximum Gasteiger partial charge on any atom is 0.341 e. The molecule has 1 aromatic heterocycles. The predicted octanol–water partition coefficient (Wildman–Crippen LogP) is 3.55. The van der Waals surface area contributed by atoms with Gasteiger partial charge in [-0.15, -0.1) is 11.3 Å². The molecule has 1 fully saturated rings. The smallest absolute Gasteiger partial charge is 0.341 e. The molecule has 1 amide bonds. The number of rotatable bonds is 5. The van der Waals surface area contributed by atoms with E-state index in [1.807, 2.05) is 6.07 Å². The lowest BCUT2D eigenvalue weighted by Gasteiger charge is -2.11. The van der Waals surface area contributed by atoms with Gasteiger partial charge in [-0.3, -0.25) is 4.79 Å². The van der Waals surface area contributed by atoms with Gasteiger partial charge in [0.25, 0.3) is 5.91 Å². The van der Waals surface area contributed by atoms with Gasteiger partial charge in [0.15, 0.2) is 0 Å². The van der Waals surface area contributed by atoms with Crippen molar-refractivity contribution in [2.45, 2.75) is 58.7 Å². The molecule has 122 valence electrons. The van der Waals surface area contributed by atoms with Crippen molar-refractivity contribution in [3.8, 4) is 0 Å². The van der Waals surface area contributed by atoms with Gasteiger partial charge < -0.3 is 14.8 Å². The summed E-state index contributed by atoms with van der Waals surface area (Å²) < 4.78 is 10.6. The summed E-state index contributed by atoms with van der Waals surface area (Å²) in [6.45, 7) is 8.32. The van der Waals surface area contributed by atoms with Crippen LogP contribution >= 0.6 is 11.3 Å². The van der Waals surface area contributed by atoms with E-state index in [-0.39, 0.29) is 17.9 Å². The number of hydrogen-bond acceptors (Lipinski definition) is 5. The average Bonchev–Trinajstić information content (AvgIpc) is 3.06. The third kappa shape index (κ3) is 4.08. The van der Waals surface area contributed by atoms with E-state index in [4.69, 9.17) is 9.47 Å². The van der Waals surface area contributed by atoms with Gasteiger partial charge in [0.05, 0.1) is 11.7 Å². The third-order valence-corrected chi connectivity index (χ3v) is 4.69. The molecule has 2 rings (SSSR count). The molecular weight excluding hydrogens is 302 g/mol. The molecule has 0 bridgehead atoms. The van der Waals surface area contributed by atoms with Gasteiger partial charge in [-0.05, 0) is 38.7 Å². The Bertz CT molecular complexity index is 544. The highest BCUT2D eigenvalue weighted by molar-refractivity contribution is 7.16. The molecule has 1 saturated heterocycles. The summed E-state index contributed by atoms with van der Waals surface area (Å²) in [5, 5.41) is 3.39. The van der Waals surface area contributed by atoms with Gasteiger partial charge >= 0.3 is 5.97 Å². The van der Waals surface area contributed by atoms with Crippen LogP contribution in [-0.4, -0.2) is 30.7 Å². The summed E-state index contributed by atoms with van der Waals surface area (Å²) in [6.07, 6.45) is 0.998. The zero-order chi connectivity index (χ0) is 16.3. The molecule has 1 aliphatic rings. The Labute approximate surface area is 135 Å². The van der Waals surface area contributed by atoms with Gasteiger partial charge in [-0.2, -0.15) is 0 Å². The lowest BCUT2D eigenvalue weighted by atomic mass is 10.1. The highest BCUT2D eigenvalue weighted by Gasteiger charge is 2.27. The highest BCUT2D eigenvalue weighted by atomic mass is 32.1.